The fraction of sp³-hybridized carbons (Fsp3) is 0.286. The number of aromatic nitrogens is 2. The highest BCUT2D eigenvalue weighted by molar-refractivity contribution is 8.01. The number of imidazole rings is 1. The molecule has 0 aliphatic carbocycles. The van der Waals surface area contributed by atoms with Crippen molar-refractivity contribution in [3.05, 3.63) is 48.5 Å². The maximum Gasteiger partial charge on any atom is 0.248 e. The number of carbonyl (C=O) groups is 2. The molecule has 2 atom stereocenters. The van der Waals surface area contributed by atoms with Crippen molar-refractivity contribution in [3.63, 3.8) is 0 Å². The quantitative estimate of drug-likeness (QED) is 0.714. The lowest BCUT2D eigenvalue weighted by Gasteiger charge is -2.29. The lowest BCUT2D eigenvalue weighted by Crippen LogP contribution is -2.48. The summed E-state index contributed by atoms with van der Waals surface area (Å²) in [6.07, 6.45) is 1.34. The molecule has 2 aliphatic heterocycles. The van der Waals surface area contributed by atoms with Crippen LogP contribution < -0.4 is 5.32 Å². The highest BCUT2D eigenvalue weighted by atomic mass is 32.2. The molecule has 2 N–H and O–H groups in total. The minimum absolute atomic E-state index is 0.0767. The van der Waals surface area contributed by atoms with Crippen molar-refractivity contribution < 1.29 is 9.59 Å². The molecule has 28 heavy (non-hydrogen) atoms. The molecule has 2 saturated heterocycles. The third-order valence-corrected chi connectivity index (χ3v) is 7.07. The number of H-pyrrole nitrogens is 1. The number of thioether (sulfide) groups is 1. The summed E-state index contributed by atoms with van der Waals surface area (Å²) in [7, 11) is 0. The van der Waals surface area contributed by atoms with Gasteiger partial charge in [-0.1, -0.05) is 12.1 Å². The second kappa shape index (κ2) is 6.38. The number of hydrogen-bond acceptors (Lipinski definition) is 4. The topological polar surface area (TPSA) is 78.1 Å². The van der Waals surface area contributed by atoms with Crippen LogP contribution in [0.25, 0.3) is 22.4 Å². The Morgan fingerprint density at radius 3 is 2.82 bits per heavy atom. The van der Waals surface area contributed by atoms with Gasteiger partial charge < -0.3 is 15.2 Å². The van der Waals surface area contributed by atoms with Crippen LogP contribution in [0, 0.1) is 0 Å². The molecule has 2 aliphatic rings. The number of amides is 2. The number of fused-ring (bicyclic) bond motifs is 2. The second-order valence-corrected chi connectivity index (χ2v) is 8.94. The highest BCUT2D eigenvalue weighted by Crippen LogP contribution is 2.47. The van der Waals surface area contributed by atoms with Crippen LogP contribution in [-0.4, -0.2) is 43.3 Å². The van der Waals surface area contributed by atoms with Gasteiger partial charge in [-0.3, -0.25) is 9.59 Å². The van der Waals surface area contributed by atoms with Gasteiger partial charge in [0.1, 0.15) is 11.9 Å². The smallest absolute Gasteiger partial charge is 0.248 e. The number of nitrogens with one attached hydrogen (secondary N) is 2. The Labute approximate surface area is 166 Å². The fourth-order valence-corrected chi connectivity index (χ4v) is 5.47. The van der Waals surface area contributed by atoms with Crippen molar-refractivity contribution in [2.45, 2.75) is 30.7 Å². The lowest BCUT2D eigenvalue weighted by atomic mass is 10.1. The van der Waals surface area contributed by atoms with Crippen LogP contribution >= 0.6 is 11.8 Å². The average molecular weight is 392 g/mol. The van der Waals surface area contributed by atoms with E-state index in [-0.39, 0.29) is 16.7 Å². The first-order chi connectivity index (χ1) is 13.5. The standard InChI is InChI=1S/C21H20N4O2S/c1-21-11-10-18(26)25(21)17(12-28-21)20(27)22-14-8-6-13(7-9-14)19-23-15-4-2-3-5-16(15)24-19/h2-9,17H,10-12H2,1H3,(H,22,27)(H,23,24)/t17-,21-/m1/s1. The molecule has 6 nitrogen and oxygen atoms in total. The van der Waals surface area contributed by atoms with Crippen molar-refractivity contribution in [1.82, 2.24) is 14.9 Å². The van der Waals surface area contributed by atoms with Crippen LogP contribution in [0.1, 0.15) is 19.8 Å². The summed E-state index contributed by atoms with van der Waals surface area (Å²) >= 11 is 1.70. The van der Waals surface area contributed by atoms with Crippen molar-refractivity contribution in [1.29, 1.82) is 0 Å². The van der Waals surface area contributed by atoms with E-state index in [1.807, 2.05) is 48.5 Å². The molecule has 5 rings (SSSR count). The number of carbonyl (C=O) groups excluding carboxylic acids is 2. The van der Waals surface area contributed by atoms with Crippen LogP contribution in [0.3, 0.4) is 0 Å². The summed E-state index contributed by atoms with van der Waals surface area (Å²) in [4.78, 5) is 34.5. The van der Waals surface area contributed by atoms with E-state index in [1.165, 1.54) is 0 Å². The first-order valence-electron chi connectivity index (χ1n) is 9.36. The lowest BCUT2D eigenvalue weighted by molar-refractivity contribution is -0.135. The Hall–Kier alpha value is -2.80. The summed E-state index contributed by atoms with van der Waals surface area (Å²) < 4.78 is 0. The Morgan fingerprint density at radius 2 is 2.04 bits per heavy atom. The third-order valence-electron chi connectivity index (χ3n) is 5.56. The molecular weight excluding hydrogens is 372 g/mol. The van der Waals surface area contributed by atoms with Crippen molar-refractivity contribution in [2.75, 3.05) is 11.1 Å². The van der Waals surface area contributed by atoms with Gasteiger partial charge in [0.15, 0.2) is 0 Å². The van der Waals surface area contributed by atoms with Gasteiger partial charge in [0.2, 0.25) is 11.8 Å². The summed E-state index contributed by atoms with van der Waals surface area (Å²) in [5.74, 6) is 1.39. The molecule has 2 aromatic carbocycles. The molecule has 2 amide bonds. The number of para-hydroxylation sites is 2. The number of nitrogens with zero attached hydrogens (tertiary/aromatic N) is 2. The summed E-state index contributed by atoms with van der Waals surface area (Å²) in [5, 5.41) is 2.96. The fourth-order valence-electron chi connectivity index (χ4n) is 4.04. The van der Waals surface area contributed by atoms with Crippen LogP contribution in [-0.2, 0) is 9.59 Å². The van der Waals surface area contributed by atoms with Gasteiger partial charge in [0, 0.05) is 23.4 Å². The van der Waals surface area contributed by atoms with Gasteiger partial charge in [-0.25, -0.2) is 4.98 Å². The molecule has 0 spiro atoms. The van der Waals surface area contributed by atoms with E-state index in [9.17, 15) is 9.59 Å². The Morgan fingerprint density at radius 1 is 1.25 bits per heavy atom. The van der Waals surface area contributed by atoms with Gasteiger partial charge in [-0.05, 0) is 49.7 Å². The molecule has 7 heteroatoms. The van der Waals surface area contributed by atoms with Crippen LogP contribution in [0.5, 0.6) is 0 Å². The van der Waals surface area contributed by atoms with E-state index in [4.69, 9.17) is 0 Å². The Balaban J connectivity index is 1.32. The minimum Gasteiger partial charge on any atom is -0.338 e. The van der Waals surface area contributed by atoms with E-state index in [1.54, 1.807) is 16.7 Å². The first-order valence-corrected chi connectivity index (χ1v) is 10.3. The molecule has 3 aromatic rings. The largest absolute Gasteiger partial charge is 0.338 e. The molecule has 0 radical (unpaired) electrons. The number of benzene rings is 2. The van der Waals surface area contributed by atoms with Crippen LogP contribution in [0.4, 0.5) is 5.69 Å². The molecule has 0 unspecified atom stereocenters. The van der Waals surface area contributed by atoms with Gasteiger partial charge >= 0.3 is 0 Å². The van der Waals surface area contributed by atoms with E-state index in [2.05, 4.69) is 22.2 Å². The van der Waals surface area contributed by atoms with Crippen molar-refractivity contribution in [3.8, 4) is 11.4 Å². The number of anilines is 1. The normalized spacial score (nSPS) is 24.0. The van der Waals surface area contributed by atoms with E-state index in [0.29, 0.717) is 12.2 Å². The van der Waals surface area contributed by atoms with Crippen LogP contribution in [0.2, 0.25) is 0 Å². The predicted molar refractivity (Wildman–Crippen MR) is 111 cm³/mol. The zero-order valence-electron chi connectivity index (χ0n) is 15.4. The van der Waals surface area contributed by atoms with E-state index < -0.39 is 6.04 Å². The number of hydrogen-bond donors (Lipinski definition) is 2. The molecule has 2 fully saturated rings. The molecular formula is C21H20N4O2S. The number of rotatable bonds is 3. The monoisotopic (exact) mass is 392 g/mol. The summed E-state index contributed by atoms with van der Waals surface area (Å²) in [5.41, 5.74) is 3.59. The zero-order chi connectivity index (χ0) is 19.3. The molecule has 0 bridgehead atoms. The van der Waals surface area contributed by atoms with Crippen molar-refractivity contribution >= 4 is 40.3 Å². The zero-order valence-corrected chi connectivity index (χ0v) is 16.3. The Kier molecular flexibility index (Phi) is 3.94. The predicted octanol–water partition coefficient (Wildman–Crippen LogP) is 3.62. The summed E-state index contributed by atoms with van der Waals surface area (Å²) in [6.45, 7) is 2.05. The maximum atomic E-state index is 12.8. The first kappa shape index (κ1) is 17.3. The SMILES string of the molecule is C[C@@]12CCC(=O)N1[C@@H](C(=O)Nc1ccc(-c3nc4ccccc4[nH]3)cc1)CS2. The van der Waals surface area contributed by atoms with Gasteiger partial charge in [-0.15, -0.1) is 11.8 Å². The van der Waals surface area contributed by atoms with Gasteiger partial charge in [-0.2, -0.15) is 0 Å². The average Bonchev–Trinajstić information content (AvgIpc) is 3.35. The second-order valence-electron chi connectivity index (χ2n) is 7.43. The minimum atomic E-state index is -0.403. The highest BCUT2D eigenvalue weighted by Gasteiger charge is 2.52. The Bertz CT molecular complexity index is 1040. The van der Waals surface area contributed by atoms with Gasteiger partial charge in [0.25, 0.3) is 0 Å². The van der Waals surface area contributed by atoms with Crippen LogP contribution in [0.15, 0.2) is 48.5 Å². The summed E-state index contributed by atoms with van der Waals surface area (Å²) in [6, 6.07) is 15.1. The van der Waals surface area contributed by atoms with Gasteiger partial charge in [0.05, 0.1) is 15.9 Å². The van der Waals surface area contributed by atoms with E-state index >= 15 is 0 Å². The third kappa shape index (κ3) is 2.77. The number of aromatic amines is 1. The molecule has 142 valence electrons. The van der Waals surface area contributed by atoms with Crippen molar-refractivity contribution in [2.24, 2.45) is 0 Å². The molecule has 1 aromatic heterocycles. The maximum absolute atomic E-state index is 12.8. The van der Waals surface area contributed by atoms with E-state index in [0.717, 1.165) is 34.5 Å². The molecule has 0 saturated carbocycles. The molecule has 3 heterocycles.